The Bertz CT molecular complexity index is 770. The lowest BCUT2D eigenvalue weighted by molar-refractivity contribution is 0.0454. The number of hydrogen-bond donors (Lipinski definition) is 1. The molecule has 2 aromatic heterocycles. The largest absolute Gasteiger partial charge is 0.397 e. The Morgan fingerprint density at radius 2 is 1.62 bits per heavy atom. The number of aromatic nitrogens is 1. The van der Waals surface area contributed by atoms with Crippen molar-refractivity contribution >= 4 is 33.1 Å². The van der Waals surface area contributed by atoms with E-state index >= 15 is 0 Å². The second kappa shape index (κ2) is 7.55. The van der Waals surface area contributed by atoms with Crippen molar-refractivity contribution in [1.82, 2.24) is 9.88 Å². The highest BCUT2D eigenvalue weighted by molar-refractivity contribution is 7.21. The van der Waals surface area contributed by atoms with E-state index in [1.165, 1.54) is 49.9 Å². The Morgan fingerprint density at radius 1 is 1.04 bits per heavy atom. The zero-order chi connectivity index (χ0) is 18.1. The Labute approximate surface area is 159 Å². The molecule has 2 saturated carbocycles. The van der Waals surface area contributed by atoms with Crippen molar-refractivity contribution < 1.29 is 4.79 Å². The van der Waals surface area contributed by atoms with E-state index in [1.807, 2.05) is 19.1 Å². The highest BCUT2D eigenvalue weighted by atomic mass is 32.1. The van der Waals surface area contributed by atoms with Crippen LogP contribution in [0.15, 0.2) is 12.1 Å². The Morgan fingerprint density at radius 3 is 2.19 bits per heavy atom. The Kier molecular flexibility index (Phi) is 5.16. The zero-order valence-corrected chi connectivity index (χ0v) is 16.5. The van der Waals surface area contributed by atoms with Gasteiger partial charge in [-0.1, -0.05) is 38.5 Å². The van der Waals surface area contributed by atoms with Crippen LogP contribution in [0.4, 0.5) is 5.69 Å². The number of amides is 1. The van der Waals surface area contributed by atoms with Gasteiger partial charge in [-0.3, -0.25) is 4.79 Å². The molecule has 26 heavy (non-hydrogen) atoms. The number of carbonyl (C=O) groups is 1. The molecule has 0 unspecified atom stereocenters. The van der Waals surface area contributed by atoms with Gasteiger partial charge >= 0.3 is 0 Å². The first-order valence-electron chi connectivity index (χ1n) is 10.1. The van der Waals surface area contributed by atoms with Crippen LogP contribution in [0.25, 0.3) is 10.2 Å². The van der Waals surface area contributed by atoms with E-state index in [1.54, 1.807) is 0 Å². The fourth-order valence-electron chi connectivity index (χ4n) is 4.71. The third kappa shape index (κ3) is 3.34. The number of thiophene rings is 1. The molecule has 4 rings (SSSR count). The monoisotopic (exact) mass is 371 g/mol. The predicted molar refractivity (Wildman–Crippen MR) is 109 cm³/mol. The highest BCUT2D eigenvalue weighted by Gasteiger charge is 2.34. The summed E-state index contributed by atoms with van der Waals surface area (Å²) in [5, 5.41) is 0.927. The van der Waals surface area contributed by atoms with Crippen LogP contribution < -0.4 is 5.73 Å². The molecule has 4 nitrogen and oxygen atoms in total. The van der Waals surface area contributed by atoms with Crippen LogP contribution in [-0.2, 0) is 0 Å². The van der Waals surface area contributed by atoms with Crippen LogP contribution in [0.2, 0.25) is 0 Å². The van der Waals surface area contributed by atoms with Gasteiger partial charge in [-0.05, 0) is 44.7 Å². The van der Waals surface area contributed by atoms with Crippen molar-refractivity contribution in [2.75, 3.05) is 5.73 Å². The summed E-state index contributed by atoms with van der Waals surface area (Å²) in [6.07, 6.45) is 12.1. The maximum atomic E-state index is 13.6. The van der Waals surface area contributed by atoms with Gasteiger partial charge in [0, 0.05) is 23.2 Å². The minimum absolute atomic E-state index is 0.155. The van der Waals surface area contributed by atoms with Crippen molar-refractivity contribution in [3.05, 3.63) is 22.7 Å². The van der Waals surface area contributed by atoms with E-state index in [-0.39, 0.29) is 5.91 Å². The number of fused-ring (bicyclic) bond motifs is 1. The molecule has 2 aliphatic rings. The molecule has 0 aliphatic heterocycles. The number of pyridine rings is 1. The molecule has 2 heterocycles. The molecule has 2 aliphatic carbocycles. The van der Waals surface area contributed by atoms with E-state index < -0.39 is 0 Å². The summed E-state index contributed by atoms with van der Waals surface area (Å²) in [4.78, 5) is 22.1. The van der Waals surface area contributed by atoms with E-state index in [4.69, 9.17) is 5.73 Å². The van der Waals surface area contributed by atoms with Gasteiger partial charge in [0.25, 0.3) is 5.91 Å². The number of carbonyl (C=O) groups excluding carboxylic acids is 1. The molecule has 140 valence electrons. The first-order valence-corrected chi connectivity index (χ1v) is 10.9. The van der Waals surface area contributed by atoms with Gasteiger partial charge in [-0.15, -0.1) is 11.3 Å². The van der Waals surface area contributed by atoms with E-state index in [9.17, 15) is 4.79 Å². The summed E-state index contributed by atoms with van der Waals surface area (Å²) in [5.74, 6) is 0.155. The van der Waals surface area contributed by atoms with Crippen LogP contribution in [0.1, 0.15) is 79.6 Å². The zero-order valence-electron chi connectivity index (χ0n) is 15.7. The first kappa shape index (κ1) is 17.8. The molecule has 0 aromatic carbocycles. The molecule has 0 spiro atoms. The quantitative estimate of drug-likeness (QED) is 0.797. The number of nitrogens with two attached hydrogens (primary N) is 1. The van der Waals surface area contributed by atoms with Crippen LogP contribution in [0.5, 0.6) is 0 Å². The maximum absolute atomic E-state index is 13.6. The smallest absolute Gasteiger partial charge is 0.266 e. The number of anilines is 1. The fraction of sp³-hybridized carbons (Fsp3) is 0.619. The van der Waals surface area contributed by atoms with E-state index in [2.05, 4.69) is 9.88 Å². The summed E-state index contributed by atoms with van der Waals surface area (Å²) in [5.41, 5.74) is 8.00. The van der Waals surface area contributed by atoms with Crippen LogP contribution in [0.3, 0.4) is 0 Å². The lowest BCUT2D eigenvalue weighted by Crippen LogP contribution is -2.48. The molecular weight excluding hydrogens is 342 g/mol. The van der Waals surface area contributed by atoms with E-state index in [0.717, 1.165) is 41.6 Å². The fourth-order valence-corrected chi connectivity index (χ4v) is 5.80. The summed E-state index contributed by atoms with van der Waals surface area (Å²) in [7, 11) is 0. The normalized spacial score (nSPS) is 19.7. The van der Waals surface area contributed by atoms with Gasteiger partial charge in [-0.2, -0.15) is 0 Å². The first-order chi connectivity index (χ1) is 12.6. The predicted octanol–water partition coefficient (Wildman–Crippen LogP) is 5.29. The molecule has 1 amide bonds. The lowest BCUT2D eigenvalue weighted by atomic mass is 9.88. The summed E-state index contributed by atoms with van der Waals surface area (Å²) < 4.78 is 0. The number of hydrogen-bond acceptors (Lipinski definition) is 4. The van der Waals surface area contributed by atoms with Crippen LogP contribution >= 0.6 is 11.3 Å². The molecule has 0 bridgehead atoms. The Balaban J connectivity index is 1.70. The highest BCUT2D eigenvalue weighted by Crippen LogP contribution is 2.37. The molecular formula is C21H29N3OS. The third-order valence-electron chi connectivity index (χ3n) is 6.10. The van der Waals surface area contributed by atoms with E-state index in [0.29, 0.717) is 22.6 Å². The Hall–Kier alpha value is -1.62. The van der Waals surface area contributed by atoms with Gasteiger partial charge in [0.05, 0.1) is 5.69 Å². The molecule has 2 N–H and O–H groups in total. The average molecular weight is 372 g/mol. The second-order valence-electron chi connectivity index (χ2n) is 7.95. The lowest BCUT2D eigenvalue weighted by Gasteiger charge is -2.41. The SMILES string of the molecule is Cc1ccc2c(N)c(C(=O)N(C3CCCCC3)C3CCCCC3)sc2n1. The average Bonchev–Trinajstić information content (AvgIpc) is 2.99. The standard InChI is InChI=1S/C21H29N3OS/c1-14-12-13-17-18(22)19(26-20(17)23-14)21(25)24(15-8-4-2-5-9-15)16-10-6-3-7-11-16/h12-13,15-16H,2-11,22H2,1H3. The van der Waals surface area contributed by atoms with Crippen molar-refractivity contribution in [2.45, 2.75) is 83.2 Å². The molecule has 2 fully saturated rings. The molecule has 0 atom stereocenters. The van der Waals surface area contributed by atoms with Crippen molar-refractivity contribution in [1.29, 1.82) is 0 Å². The van der Waals surface area contributed by atoms with Gasteiger partial charge < -0.3 is 10.6 Å². The topological polar surface area (TPSA) is 59.2 Å². The number of nitrogen functional groups attached to an aromatic ring is 1. The molecule has 0 radical (unpaired) electrons. The van der Waals surface area contributed by atoms with Gasteiger partial charge in [0.15, 0.2) is 0 Å². The molecule has 5 heteroatoms. The number of nitrogens with zero attached hydrogens (tertiary/aromatic N) is 2. The second-order valence-corrected chi connectivity index (χ2v) is 8.95. The summed E-state index contributed by atoms with van der Waals surface area (Å²) in [6.45, 7) is 1.98. The minimum atomic E-state index is 0.155. The number of aryl methyl sites for hydroxylation is 1. The minimum Gasteiger partial charge on any atom is -0.397 e. The van der Waals surface area contributed by atoms with Gasteiger partial charge in [0.2, 0.25) is 0 Å². The van der Waals surface area contributed by atoms with Crippen molar-refractivity contribution in [3.63, 3.8) is 0 Å². The third-order valence-corrected chi connectivity index (χ3v) is 7.20. The summed E-state index contributed by atoms with van der Waals surface area (Å²) in [6, 6.07) is 4.75. The van der Waals surface area contributed by atoms with Crippen LogP contribution in [-0.4, -0.2) is 27.9 Å². The molecule has 0 saturated heterocycles. The molecule has 2 aromatic rings. The van der Waals surface area contributed by atoms with Gasteiger partial charge in [0.1, 0.15) is 9.71 Å². The van der Waals surface area contributed by atoms with Crippen LogP contribution in [0, 0.1) is 6.92 Å². The van der Waals surface area contributed by atoms with Crippen molar-refractivity contribution in [3.8, 4) is 0 Å². The van der Waals surface area contributed by atoms with Gasteiger partial charge in [-0.25, -0.2) is 4.98 Å². The summed E-state index contributed by atoms with van der Waals surface area (Å²) >= 11 is 1.48. The van der Waals surface area contributed by atoms with Crippen molar-refractivity contribution in [2.24, 2.45) is 0 Å². The number of rotatable bonds is 3. The maximum Gasteiger partial charge on any atom is 0.266 e.